The molecule has 0 saturated carbocycles. The number of rotatable bonds is 7. The number of aromatic nitrogens is 2. The van der Waals surface area contributed by atoms with E-state index in [0.29, 0.717) is 6.54 Å². The van der Waals surface area contributed by atoms with Gasteiger partial charge in [-0.3, -0.25) is 9.69 Å². The van der Waals surface area contributed by atoms with Gasteiger partial charge in [0.1, 0.15) is 5.82 Å². The number of hydrogen-bond donors (Lipinski definition) is 1. The molecule has 1 amide bonds. The summed E-state index contributed by atoms with van der Waals surface area (Å²) >= 11 is 1.49. The second-order valence-corrected chi connectivity index (χ2v) is 8.79. The topological polar surface area (TPSA) is 61.4 Å². The SMILES string of the molecule is Cc1ccc(Cc2nsc(N3CCN(CCNC(=O)c4ccccc4C)CC3)n2)cc1. The van der Waals surface area contributed by atoms with Crippen LogP contribution in [0, 0.1) is 13.8 Å². The molecule has 0 spiro atoms. The fourth-order valence-corrected chi connectivity index (χ4v) is 4.48. The van der Waals surface area contributed by atoms with Crippen molar-refractivity contribution in [1.82, 2.24) is 19.6 Å². The Morgan fingerprint density at radius 2 is 1.77 bits per heavy atom. The molecule has 162 valence electrons. The third kappa shape index (κ3) is 5.68. The molecule has 1 fully saturated rings. The Kier molecular flexibility index (Phi) is 6.94. The largest absolute Gasteiger partial charge is 0.351 e. The maximum absolute atomic E-state index is 12.3. The van der Waals surface area contributed by atoms with Gasteiger partial charge in [-0.1, -0.05) is 48.0 Å². The van der Waals surface area contributed by atoms with E-state index in [9.17, 15) is 4.79 Å². The maximum Gasteiger partial charge on any atom is 0.251 e. The van der Waals surface area contributed by atoms with Gasteiger partial charge in [0.15, 0.2) is 0 Å². The van der Waals surface area contributed by atoms with Crippen molar-refractivity contribution in [2.45, 2.75) is 20.3 Å². The summed E-state index contributed by atoms with van der Waals surface area (Å²) in [4.78, 5) is 21.8. The number of nitrogens with one attached hydrogen (secondary N) is 1. The minimum Gasteiger partial charge on any atom is -0.351 e. The summed E-state index contributed by atoms with van der Waals surface area (Å²) < 4.78 is 4.56. The Labute approximate surface area is 188 Å². The van der Waals surface area contributed by atoms with Gasteiger partial charge < -0.3 is 10.2 Å². The van der Waals surface area contributed by atoms with Gasteiger partial charge in [-0.15, -0.1) is 0 Å². The number of amides is 1. The molecule has 6 nitrogen and oxygen atoms in total. The highest BCUT2D eigenvalue weighted by molar-refractivity contribution is 7.09. The van der Waals surface area contributed by atoms with Crippen molar-refractivity contribution >= 4 is 22.6 Å². The van der Waals surface area contributed by atoms with E-state index in [2.05, 4.69) is 50.7 Å². The van der Waals surface area contributed by atoms with Gasteiger partial charge in [0.25, 0.3) is 5.91 Å². The van der Waals surface area contributed by atoms with E-state index >= 15 is 0 Å². The number of piperazine rings is 1. The molecule has 4 rings (SSSR count). The van der Waals surface area contributed by atoms with Crippen LogP contribution in [0.5, 0.6) is 0 Å². The molecule has 3 aromatic rings. The van der Waals surface area contributed by atoms with Crippen molar-refractivity contribution in [2.24, 2.45) is 0 Å². The summed E-state index contributed by atoms with van der Waals surface area (Å²) in [5, 5.41) is 4.05. The van der Waals surface area contributed by atoms with E-state index < -0.39 is 0 Å². The Hall–Kier alpha value is -2.77. The average molecular weight is 436 g/mol. The lowest BCUT2D eigenvalue weighted by Crippen LogP contribution is -2.48. The van der Waals surface area contributed by atoms with Gasteiger partial charge in [-0.2, -0.15) is 4.37 Å². The zero-order valence-corrected chi connectivity index (χ0v) is 19.0. The number of carbonyl (C=O) groups is 1. The Balaban J connectivity index is 1.21. The molecular weight excluding hydrogens is 406 g/mol. The molecule has 1 aliphatic heterocycles. The van der Waals surface area contributed by atoms with Gasteiger partial charge in [0, 0.05) is 62.8 Å². The number of carbonyl (C=O) groups excluding carboxylic acids is 1. The molecule has 0 unspecified atom stereocenters. The lowest BCUT2D eigenvalue weighted by atomic mass is 10.1. The zero-order chi connectivity index (χ0) is 21.6. The molecule has 0 atom stereocenters. The van der Waals surface area contributed by atoms with Gasteiger partial charge in [-0.25, -0.2) is 4.98 Å². The second kappa shape index (κ2) is 10.0. The summed E-state index contributed by atoms with van der Waals surface area (Å²) in [5.41, 5.74) is 4.27. The van der Waals surface area contributed by atoms with Crippen molar-refractivity contribution in [3.8, 4) is 0 Å². The molecule has 31 heavy (non-hydrogen) atoms. The standard InChI is InChI=1S/C24H29N5OS/c1-18-7-9-20(10-8-18)17-22-26-24(31-27-22)29-15-13-28(14-16-29)12-11-25-23(30)21-6-4-3-5-19(21)2/h3-10H,11-17H2,1-2H3,(H,25,30). The predicted molar refractivity (Wildman–Crippen MR) is 126 cm³/mol. The first-order valence-electron chi connectivity index (χ1n) is 10.8. The van der Waals surface area contributed by atoms with Crippen LogP contribution in [-0.2, 0) is 6.42 Å². The summed E-state index contributed by atoms with van der Waals surface area (Å²) in [6.07, 6.45) is 0.775. The van der Waals surface area contributed by atoms with Crippen molar-refractivity contribution in [3.63, 3.8) is 0 Å². The van der Waals surface area contributed by atoms with E-state index in [1.807, 2.05) is 31.2 Å². The molecular formula is C24H29N5OS. The Morgan fingerprint density at radius 1 is 1.03 bits per heavy atom. The molecule has 1 aromatic heterocycles. The van der Waals surface area contributed by atoms with Crippen LogP contribution >= 0.6 is 11.5 Å². The lowest BCUT2D eigenvalue weighted by molar-refractivity contribution is 0.0947. The van der Waals surface area contributed by atoms with Gasteiger partial charge in [0.05, 0.1) is 0 Å². The van der Waals surface area contributed by atoms with Crippen LogP contribution in [0.15, 0.2) is 48.5 Å². The summed E-state index contributed by atoms with van der Waals surface area (Å²) in [7, 11) is 0. The fourth-order valence-electron chi connectivity index (χ4n) is 3.75. The normalized spacial score (nSPS) is 14.6. The Morgan fingerprint density at radius 3 is 2.52 bits per heavy atom. The smallest absolute Gasteiger partial charge is 0.251 e. The molecule has 2 aromatic carbocycles. The molecule has 1 saturated heterocycles. The first-order valence-corrected chi connectivity index (χ1v) is 11.5. The van der Waals surface area contributed by atoms with Crippen LogP contribution in [0.25, 0.3) is 0 Å². The molecule has 1 aliphatic rings. The van der Waals surface area contributed by atoms with E-state index in [1.54, 1.807) is 0 Å². The number of anilines is 1. The lowest BCUT2D eigenvalue weighted by Gasteiger charge is -2.34. The summed E-state index contributed by atoms with van der Waals surface area (Å²) in [5.74, 6) is 0.900. The van der Waals surface area contributed by atoms with Gasteiger partial charge in [-0.05, 0) is 31.0 Å². The molecule has 0 bridgehead atoms. The second-order valence-electron chi connectivity index (χ2n) is 8.06. The minimum absolute atomic E-state index is 0.00621. The number of benzene rings is 2. The van der Waals surface area contributed by atoms with Crippen LogP contribution in [-0.4, -0.2) is 59.4 Å². The highest BCUT2D eigenvalue weighted by atomic mass is 32.1. The van der Waals surface area contributed by atoms with Crippen molar-refractivity contribution in [3.05, 3.63) is 76.6 Å². The van der Waals surface area contributed by atoms with E-state index in [0.717, 1.165) is 61.2 Å². The molecule has 0 radical (unpaired) electrons. The highest BCUT2D eigenvalue weighted by Gasteiger charge is 2.20. The van der Waals surface area contributed by atoms with E-state index in [1.165, 1.54) is 22.7 Å². The van der Waals surface area contributed by atoms with Crippen molar-refractivity contribution in [2.75, 3.05) is 44.2 Å². The van der Waals surface area contributed by atoms with Crippen molar-refractivity contribution < 1.29 is 4.79 Å². The first-order chi connectivity index (χ1) is 15.1. The molecule has 1 N–H and O–H groups in total. The molecule has 2 heterocycles. The average Bonchev–Trinajstić information content (AvgIpc) is 3.24. The van der Waals surface area contributed by atoms with Crippen LogP contribution < -0.4 is 10.2 Å². The predicted octanol–water partition coefficient (Wildman–Crippen LogP) is 3.30. The number of nitrogens with zero attached hydrogens (tertiary/aromatic N) is 4. The van der Waals surface area contributed by atoms with Crippen LogP contribution in [0.2, 0.25) is 0 Å². The van der Waals surface area contributed by atoms with Gasteiger partial charge >= 0.3 is 0 Å². The van der Waals surface area contributed by atoms with Crippen LogP contribution in [0.1, 0.15) is 32.9 Å². The summed E-state index contributed by atoms with van der Waals surface area (Å²) in [6, 6.07) is 16.2. The number of hydrogen-bond acceptors (Lipinski definition) is 6. The monoisotopic (exact) mass is 435 g/mol. The minimum atomic E-state index is 0.00621. The maximum atomic E-state index is 12.3. The zero-order valence-electron chi connectivity index (χ0n) is 18.2. The number of aryl methyl sites for hydroxylation is 2. The first kappa shape index (κ1) is 21.5. The van der Waals surface area contributed by atoms with Crippen LogP contribution in [0.3, 0.4) is 0 Å². The van der Waals surface area contributed by atoms with Gasteiger partial charge in [0.2, 0.25) is 5.13 Å². The van der Waals surface area contributed by atoms with Crippen LogP contribution in [0.4, 0.5) is 5.13 Å². The molecule has 0 aliphatic carbocycles. The fraction of sp³-hybridized carbons (Fsp3) is 0.375. The van der Waals surface area contributed by atoms with E-state index in [-0.39, 0.29) is 5.91 Å². The third-order valence-electron chi connectivity index (χ3n) is 5.69. The van der Waals surface area contributed by atoms with Crippen molar-refractivity contribution in [1.29, 1.82) is 0 Å². The molecule has 7 heteroatoms. The van der Waals surface area contributed by atoms with E-state index in [4.69, 9.17) is 4.98 Å². The quantitative estimate of drug-likeness (QED) is 0.617. The Bertz CT molecular complexity index is 1010. The third-order valence-corrected chi connectivity index (χ3v) is 6.50. The highest BCUT2D eigenvalue weighted by Crippen LogP contribution is 2.20. The summed E-state index contributed by atoms with van der Waals surface area (Å²) in [6.45, 7) is 9.39.